The zero-order chi connectivity index (χ0) is 18.2. The summed E-state index contributed by atoms with van der Waals surface area (Å²) in [4.78, 5) is 17.9. The summed E-state index contributed by atoms with van der Waals surface area (Å²) in [7, 11) is 0. The first-order chi connectivity index (χ1) is 13.3. The van der Waals surface area contributed by atoms with E-state index in [0.29, 0.717) is 18.5 Å². The molecule has 0 aromatic heterocycles. The molecule has 1 aromatic rings. The highest BCUT2D eigenvalue weighted by atomic mass is 16.2. The van der Waals surface area contributed by atoms with Gasteiger partial charge in [-0.1, -0.05) is 48.4 Å². The Kier molecular flexibility index (Phi) is 4.68. The van der Waals surface area contributed by atoms with Gasteiger partial charge in [-0.3, -0.25) is 4.90 Å². The van der Waals surface area contributed by atoms with Gasteiger partial charge in [0.15, 0.2) is 0 Å². The average molecular weight is 366 g/mol. The molecule has 1 N–H and O–H groups in total. The van der Waals surface area contributed by atoms with Crippen molar-refractivity contribution in [2.45, 2.75) is 57.2 Å². The van der Waals surface area contributed by atoms with Gasteiger partial charge in [0.1, 0.15) is 0 Å². The van der Waals surface area contributed by atoms with Gasteiger partial charge < -0.3 is 10.2 Å². The topological polar surface area (TPSA) is 35.6 Å². The third kappa shape index (κ3) is 3.29. The molecule has 3 heterocycles. The van der Waals surface area contributed by atoms with E-state index in [0.717, 1.165) is 30.5 Å². The van der Waals surface area contributed by atoms with Gasteiger partial charge in [0.2, 0.25) is 0 Å². The second-order valence-electron chi connectivity index (χ2n) is 8.85. The summed E-state index contributed by atoms with van der Waals surface area (Å²) in [5.74, 6) is 1.34. The van der Waals surface area contributed by atoms with Crippen molar-refractivity contribution >= 4 is 6.03 Å². The number of piperidine rings is 3. The minimum atomic E-state index is 0.119. The van der Waals surface area contributed by atoms with Crippen LogP contribution in [0.15, 0.2) is 42.0 Å². The molecule has 3 saturated heterocycles. The number of hydrogen-bond acceptors (Lipinski definition) is 2. The summed E-state index contributed by atoms with van der Waals surface area (Å²) in [5, 5.41) is 3.18. The zero-order valence-electron chi connectivity index (χ0n) is 16.1. The van der Waals surface area contributed by atoms with Crippen LogP contribution in [0.1, 0.15) is 44.1 Å². The molecule has 1 aliphatic carbocycles. The van der Waals surface area contributed by atoms with Gasteiger partial charge in [-0.15, -0.1) is 0 Å². The van der Waals surface area contributed by atoms with Crippen molar-refractivity contribution in [2.75, 3.05) is 19.6 Å². The Morgan fingerprint density at radius 2 is 2.00 bits per heavy atom. The molecule has 4 aliphatic rings. The van der Waals surface area contributed by atoms with Crippen LogP contribution in [-0.4, -0.2) is 47.5 Å². The lowest BCUT2D eigenvalue weighted by Crippen LogP contribution is -2.61. The fourth-order valence-electron chi connectivity index (χ4n) is 6.08. The minimum absolute atomic E-state index is 0.119. The van der Waals surface area contributed by atoms with Gasteiger partial charge >= 0.3 is 6.03 Å². The molecule has 3 aliphatic heterocycles. The van der Waals surface area contributed by atoms with Crippen molar-refractivity contribution < 1.29 is 4.79 Å². The van der Waals surface area contributed by atoms with Gasteiger partial charge in [0.05, 0.1) is 6.04 Å². The second kappa shape index (κ2) is 7.31. The van der Waals surface area contributed by atoms with E-state index in [2.05, 4.69) is 33.3 Å². The average Bonchev–Trinajstić information content (AvgIpc) is 2.72. The van der Waals surface area contributed by atoms with Crippen molar-refractivity contribution in [3.05, 3.63) is 47.5 Å². The van der Waals surface area contributed by atoms with Crippen molar-refractivity contribution in [3.8, 4) is 0 Å². The highest BCUT2D eigenvalue weighted by Gasteiger charge is 2.46. The maximum Gasteiger partial charge on any atom is 0.318 e. The predicted octanol–water partition coefficient (Wildman–Crippen LogP) is 3.79. The molecule has 4 nitrogen and oxygen atoms in total. The van der Waals surface area contributed by atoms with E-state index in [4.69, 9.17) is 0 Å². The van der Waals surface area contributed by atoms with Gasteiger partial charge in [-0.2, -0.15) is 0 Å². The lowest BCUT2D eigenvalue weighted by Gasteiger charge is -2.54. The zero-order valence-corrected chi connectivity index (χ0v) is 16.1. The number of hydrogen-bond donors (Lipinski definition) is 1. The van der Waals surface area contributed by atoms with Crippen LogP contribution in [0.2, 0.25) is 0 Å². The Morgan fingerprint density at radius 3 is 2.89 bits per heavy atom. The van der Waals surface area contributed by atoms with Crippen LogP contribution >= 0.6 is 0 Å². The molecule has 4 heteroatoms. The lowest BCUT2D eigenvalue weighted by molar-refractivity contribution is 0.00788. The van der Waals surface area contributed by atoms with E-state index in [1.165, 1.54) is 45.2 Å². The molecule has 2 bridgehead atoms. The first kappa shape index (κ1) is 17.3. The van der Waals surface area contributed by atoms with Crippen LogP contribution in [0, 0.1) is 11.8 Å². The van der Waals surface area contributed by atoms with Crippen molar-refractivity contribution in [3.63, 3.8) is 0 Å². The van der Waals surface area contributed by atoms with E-state index in [9.17, 15) is 4.79 Å². The number of nitrogens with zero attached hydrogens (tertiary/aromatic N) is 2. The van der Waals surface area contributed by atoms with Crippen LogP contribution in [-0.2, 0) is 6.54 Å². The SMILES string of the molecule is O=C(NCc1ccccc1)N1CCCC2=C[C@@H]3C[C@H](CN4CCCC[C@@H]34)[C@H]21. The first-order valence-electron chi connectivity index (χ1n) is 10.8. The summed E-state index contributed by atoms with van der Waals surface area (Å²) in [6.45, 7) is 3.95. The number of carbonyl (C=O) groups excluding carboxylic acids is 1. The van der Waals surface area contributed by atoms with E-state index < -0.39 is 0 Å². The third-order valence-electron chi connectivity index (χ3n) is 7.20. The van der Waals surface area contributed by atoms with E-state index in [1.807, 2.05) is 18.2 Å². The molecule has 27 heavy (non-hydrogen) atoms. The molecule has 0 spiro atoms. The Balaban J connectivity index is 1.33. The second-order valence-corrected chi connectivity index (χ2v) is 8.85. The van der Waals surface area contributed by atoms with E-state index >= 15 is 0 Å². The molecular weight excluding hydrogens is 334 g/mol. The first-order valence-corrected chi connectivity index (χ1v) is 10.8. The minimum Gasteiger partial charge on any atom is -0.334 e. The fraction of sp³-hybridized carbons (Fsp3) is 0.609. The molecule has 5 rings (SSSR count). The number of carbonyl (C=O) groups is 1. The van der Waals surface area contributed by atoms with Crippen molar-refractivity contribution in [1.82, 2.24) is 15.1 Å². The number of amides is 2. The summed E-state index contributed by atoms with van der Waals surface area (Å²) < 4.78 is 0. The summed E-state index contributed by atoms with van der Waals surface area (Å²) in [5.41, 5.74) is 2.72. The normalized spacial score (nSPS) is 32.9. The number of nitrogens with one attached hydrogen (secondary N) is 1. The summed E-state index contributed by atoms with van der Waals surface area (Å²) in [6, 6.07) is 11.4. The number of likely N-dealkylation sites (tertiary alicyclic amines) is 1. The molecule has 0 unspecified atom stereocenters. The molecule has 3 fully saturated rings. The molecule has 0 saturated carbocycles. The quantitative estimate of drug-likeness (QED) is 0.810. The van der Waals surface area contributed by atoms with Gasteiger partial charge in [-0.25, -0.2) is 4.79 Å². The lowest BCUT2D eigenvalue weighted by atomic mass is 9.68. The molecule has 1 aromatic carbocycles. The molecule has 144 valence electrons. The number of rotatable bonds is 2. The van der Waals surface area contributed by atoms with Crippen molar-refractivity contribution in [2.24, 2.45) is 11.8 Å². The highest BCUT2D eigenvalue weighted by Crippen LogP contribution is 2.44. The Hall–Kier alpha value is -1.81. The van der Waals surface area contributed by atoms with E-state index in [1.54, 1.807) is 5.57 Å². The van der Waals surface area contributed by atoms with E-state index in [-0.39, 0.29) is 6.03 Å². The van der Waals surface area contributed by atoms with Crippen LogP contribution in [0.3, 0.4) is 0 Å². The smallest absolute Gasteiger partial charge is 0.318 e. The van der Waals surface area contributed by atoms with Crippen LogP contribution in [0.5, 0.6) is 0 Å². The summed E-state index contributed by atoms with van der Waals surface area (Å²) >= 11 is 0. The predicted molar refractivity (Wildman–Crippen MR) is 107 cm³/mol. The Labute approximate surface area is 162 Å². The largest absolute Gasteiger partial charge is 0.334 e. The van der Waals surface area contributed by atoms with Crippen LogP contribution in [0.4, 0.5) is 4.79 Å². The fourth-order valence-corrected chi connectivity index (χ4v) is 6.08. The monoisotopic (exact) mass is 365 g/mol. The maximum atomic E-state index is 13.0. The third-order valence-corrected chi connectivity index (χ3v) is 7.20. The van der Waals surface area contributed by atoms with Crippen LogP contribution in [0.25, 0.3) is 0 Å². The Bertz CT molecular complexity index is 716. The standard InChI is InChI=1S/C23H31N3O/c27-23(24-15-17-7-2-1-3-8-17)26-12-6-9-18-13-19-14-20(22(18)26)16-25-11-5-4-10-21(19)25/h1-3,7-8,13,19-22H,4-6,9-12,14-16H2,(H,24,27)/t19-,20-,21+,22+/m1/s1. The number of benzene rings is 1. The molecular formula is C23H31N3O. The molecule has 4 atom stereocenters. The molecule has 0 radical (unpaired) electrons. The maximum absolute atomic E-state index is 13.0. The van der Waals surface area contributed by atoms with Gasteiger partial charge in [0.25, 0.3) is 0 Å². The van der Waals surface area contributed by atoms with Crippen molar-refractivity contribution in [1.29, 1.82) is 0 Å². The Morgan fingerprint density at radius 1 is 1.11 bits per heavy atom. The van der Waals surface area contributed by atoms with Gasteiger partial charge in [-0.05, 0) is 56.0 Å². The molecule has 2 amide bonds. The number of urea groups is 1. The number of fused-ring (bicyclic) bond motifs is 6. The summed E-state index contributed by atoms with van der Waals surface area (Å²) in [6.07, 6.45) is 10.3. The highest BCUT2D eigenvalue weighted by molar-refractivity contribution is 5.75. The van der Waals surface area contributed by atoms with Gasteiger partial charge in [0, 0.05) is 25.7 Å². The van der Waals surface area contributed by atoms with Crippen LogP contribution < -0.4 is 5.32 Å².